The van der Waals surface area contributed by atoms with E-state index in [0.717, 1.165) is 35.0 Å². The first-order valence-corrected chi connectivity index (χ1v) is 11.8. The summed E-state index contributed by atoms with van der Waals surface area (Å²) in [6.07, 6.45) is 3.03. The lowest BCUT2D eigenvalue weighted by Gasteiger charge is -2.15. The van der Waals surface area contributed by atoms with Crippen LogP contribution in [0.25, 0.3) is 10.2 Å². The number of amides is 1. The first kappa shape index (κ1) is 21.8. The van der Waals surface area contributed by atoms with Crippen LogP contribution in [0.3, 0.4) is 0 Å². The molecule has 0 spiro atoms. The number of thioether (sulfide) groups is 1. The number of thiophene rings is 1. The van der Waals surface area contributed by atoms with Gasteiger partial charge < -0.3 is 15.0 Å². The number of carbonyl (C=O) groups is 1. The summed E-state index contributed by atoms with van der Waals surface area (Å²) in [4.78, 5) is 34.2. The minimum absolute atomic E-state index is 0.0490. The average Bonchev–Trinajstić information content (AvgIpc) is 3.28. The molecule has 2 heterocycles. The number of ether oxygens (including phenoxy) is 1. The zero-order valence-electron chi connectivity index (χ0n) is 16.7. The molecule has 3 aromatic rings. The van der Waals surface area contributed by atoms with E-state index in [1.54, 1.807) is 30.4 Å². The van der Waals surface area contributed by atoms with Gasteiger partial charge in [0.05, 0.1) is 22.9 Å². The molecule has 0 fully saturated rings. The van der Waals surface area contributed by atoms with Crippen LogP contribution in [0.4, 0.5) is 8.78 Å². The van der Waals surface area contributed by atoms with Gasteiger partial charge in [0.25, 0.3) is 5.56 Å². The van der Waals surface area contributed by atoms with Gasteiger partial charge in [0.1, 0.15) is 16.4 Å². The number of carbonyl (C=O) groups excluding carboxylic acids is 1. The molecule has 0 bridgehead atoms. The smallest absolute Gasteiger partial charge is 0.387 e. The number of H-pyrrole nitrogens is 1. The number of halogens is 2. The Morgan fingerprint density at radius 1 is 1.39 bits per heavy atom. The van der Waals surface area contributed by atoms with Crippen molar-refractivity contribution in [3.05, 3.63) is 56.4 Å². The molecule has 6 nitrogen and oxygen atoms in total. The maximum atomic E-state index is 12.5. The summed E-state index contributed by atoms with van der Waals surface area (Å²) in [5.41, 5.74) is 1.70. The van der Waals surface area contributed by atoms with Crippen LogP contribution < -0.4 is 15.6 Å². The molecule has 1 unspecified atom stereocenters. The molecule has 0 saturated heterocycles. The number of nitrogens with one attached hydrogen (secondary N) is 2. The summed E-state index contributed by atoms with van der Waals surface area (Å²) in [5.74, 6) is 0.998. The van der Waals surface area contributed by atoms with Gasteiger partial charge in [0.2, 0.25) is 5.91 Å². The van der Waals surface area contributed by atoms with Crippen molar-refractivity contribution in [3.8, 4) is 5.75 Å². The van der Waals surface area contributed by atoms with Crippen LogP contribution in [0, 0.1) is 0 Å². The van der Waals surface area contributed by atoms with Gasteiger partial charge in [-0.05, 0) is 49.4 Å². The van der Waals surface area contributed by atoms with Gasteiger partial charge in [-0.3, -0.25) is 9.59 Å². The maximum absolute atomic E-state index is 12.5. The first-order chi connectivity index (χ1) is 14.9. The largest absolute Gasteiger partial charge is 0.435 e. The van der Waals surface area contributed by atoms with Gasteiger partial charge in [-0.1, -0.05) is 12.1 Å². The number of nitrogens with zero attached hydrogens (tertiary/aromatic N) is 1. The number of alkyl halides is 2. The second kappa shape index (κ2) is 9.35. The fourth-order valence-corrected chi connectivity index (χ4v) is 5.66. The van der Waals surface area contributed by atoms with Crippen molar-refractivity contribution in [1.82, 2.24) is 15.3 Å². The quantitative estimate of drug-likeness (QED) is 0.521. The number of hydrogen-bond acceptors (Lipinski definition) is 6. The summed E-state index contributed by atoms with van der Waals surface area (Å²) in [6, 6.07) is 5.89. The van der Waals surface area contributed by atoms with E-state index < -0.39 is 6.61 Å². The summed E-state index contributed by atoms with van der Waals surface area (Å²) in [6.45, 7) is -1.13. The first-order valence-electron chi connectivity index (χ1n) is 9.86. The van der Waals surface area contributed by atoms with E-state index in [4.69, 9.17) is 0 Å². The van der Waals surface area contributed by atoms with Crippen LogP contribution in [0.15, 0.2) is 29.1 Å². The van der Waals surface area contributed by atoms with Gasteiger partial charge in [0, 0.05) is 4.88 Å². The monoisotopic (exact) mass is 465 g/mol. The number of hydrogen-bond donors (Lipinski definition) is 2. The third-order valence-electron chi connectivity index (χ3n) is 5.06. The van der Waals surface area contributed by atoms with Crippen LogP contribution in [-0.4, -0.2) is 28.2 Å². The van der Waals surface area contributed by atoms with E-state index in [1.165, 1.54) is 28.8 Å². The fourth-order valence-electron chi connectivity index (χ4n) is 3.68. The molecule has 1 atom stereocenters. The van der Waals surface area contributed by atoms with Crippen LogP contribution in [-0.2, 0) is 23.4 Å². The Hall–Kier alpha value is -2.46. The summed E-state index contributed by atoms with van der Waals surface area (Å²) < 4.78 is 29.1. The molecule has 1 aromatic carbocycles. The van der Waals surface area contributed by atoms with Crippen LogP contribution in [0.1, 0.15) is 41.2 Å². The van der Waals surface area contributed by atoms with E-state index in [1.807, 2.05) is 0 Å². The molecule has 10 heteroatoms. The number of aromatic nitrogens is 2. The number of aryl methyl sites for hydroxylation is 2. The lowest BCUT2D eigenvalue weighted by Crippen LogP contribution is -2.28. The number of rotatable bonds is 8. The minimum Gasteiger partial charge on any atom is -0.435 e. The van der Waals surface area contributed by atoms with E-state index in [9.17, 15) is 18.4 Å². The van der Waals surface area contributed by atoms with Crippen LogP contribution in [0.2, 0.25) is 0 Å². The summed E-state index contributed by atoms with van der Waals surface area (Å²) in [7, 11) is 0. The summed E-state index contributed by atoms with van der Waals surface area (Å²) in [5, 5.41) is 3.56. The highest BCUT2D eigenvalue weighted by atomic mass is 32.2. The standard InChI is InChI=1S/C21H21F2N3O3S2/c1-11(12-4-2-5-13(8-12)29-21(22)23)24-17(27)10-30-9-16-25-19(28)18-14-6-3-7-15(14)31-20(18)26-16/h2,4-5,8,11,21H,3,6-7,9-10H2,1H3,(H,24,27)(H,25,26,28). The maximum Gasteiger partial charge on any atom is 0.387 e. The zero-order chi connectivity index (χ0) is 22.0. The Morgan fingerprint density at radius 2 is 2.23 bits per heavy atom. The second-order valence-corrected chi connectivity index (χ2v) is 9.35. The normalized spacial score (nSPS) is 14.1. The molecule has 164 valence electrons. The summed E-state index contributed by atoms with van der Waals surface area (Å²) >= 11 is 2.94. The van der Waals surface area contributed by atoms with Gasteiger partial charge in [-0.15, -0.1) is 23.1 Å². The van der Waals surface area contributed by atoms with Crippen molar-refractivity contribution >= 4 is 39.2 Å². The van der Waals surface area contributed by atoms with Gasteiger partial charge in [-0.25, -0.2) is 4.98 Å². The molecule has 2 aromatic heterocycles. The molecular weight excluding hydrogens is 444 g/mol. The van der Waals surface area contributed by atoms with Crippen LogP contribution in [0.5, 0.6) is 5.75 Å². The molecule has 1 aliphatic rings. The van der Waals surface area contributed by atoms with E-state index in [0.29, 0.717) is 17.1 Å². The molecule has 0 saturated carbocycles. The third-order valence-corrected chi connectivity index (χ3v) is 7.19. The van der Waals surface area contributed by atoms with Crippen molar-refractivity contribution in [2.24, 2.45) is 0 Å². The highest BCUT2D eigenvalue weighted by Gasteiger charge is 2.21. The molecule has 1 amide bonds. The number of fused-ring (bicyclic) bond motifs is 3. The van der Waals surface area contributed by atoms with Crippen molar-refractivity contribution < 1.29 is 18.3 Å². The van der Waals surface area contributed by atoms with Gasteiger partial charge >= 0.3 is 6.61 Å². The Balaban J connectivity index is 1.32. The second-order valence-electron chi connectivity index (χ2n) is 7.28. The van der Waals surface area contributed by atoms with Crippen molar-refractivity contribution in [3.63, 3.8) is 0 Å². The predicted molar refractivity (Wildman–Crippen MR) is 118 cm³/mol. The van der Waals surface area contributed by atoms with E-state index >= 15 is 0 Å². The highest BCUT2D eigenvalue weighted by molar-refractivity contribution is 7.99. The fraction of sp³-hybridized carbons (Fsp3) is 0.381. The Morgan fingerprint density at radius 3 is 3.03 bits per heavy atom. The Kier molecular flexibility index (Phi) is 6.57. The molecular formula is C21H21F2N3O3S2. The van der Waals surface area contributed by atoms with Crippen molar-refractivity contribution in [1.29, 1.82) is 0 Å². The van der Waals surface area contributed by atoms with E-state index in [-0.39, 0.29) is 29.0 Å². The molecule has 0 aliphatic heterocycles. The molecule has 1 aliphatic carbocycles. The lowest BCUT2D eigenvalue weighted by atomic mass is 10.1. The van der Waals surface area contributed by atoms with E-state index in [2.05, 4.69) is 20.0 Å². The van der Waals surface area contributed by atoms with Gasteiger partial charge in [0.15, 0.2) is 0 Å². The third kappa shape index (κ3) is 5.07. The number of benzene rings is 1. The lowest BCUT2D eigenvalue weighted by molar-refractivity contribution is -0.119. The highest BCUT2D eigenvalue weighted by Crippen LogP contribution is 2.34. The Labute approximate surface area is 185 Å². The molecule has 4 rings (SSSR count). The molecule has 31 heavy (non-hydrogen) atoms. The molecule has 0 radical (unpaired) electrons. The Bertz CT molecular complexity index is 1160. The average molecular weight is 466 g/mol. The van der Waals surface area contributed by atoms with Crippen molar-refractivity contribution in [2.75, 3.05) is 5.75 Å². The predicted octanol–water partition coefficient (Wildman–Crippen LogP) is 4.19. The minimum atomic E-state index is -2.90. The molecule has 2 N–H and O–H groups in total. The van der Waals surface area contributed by atoms with Crippen LogP contribution >= 0.6 is 23.1 Å². The van der Waals surface area contributed by atoms with Gasteiger partial charge in [-0.2, -0.15) is 8.78 Å². The topological polar surface area (TPSA) is 84.1 Å². The number of aromatic amines is 1. The van der Waals surface area contributed by atoms with Crippen molar-refractivity contribution in [2.45, 2.75) is 44.6 Å². The SMILES string of the molecule is CC(NC(=O)CSCc1nc2sc3c(c2c(=O)[nH]1)CCC3)c1cccc(OC(F)F)c1. The zero-order valence-corrected chi connectivity index (χ0v) is 18.4.